The van der Waals surface area contributed by atoms with Crippen molar-refractivity contribution in [3.05, 3.63) is 35.9 Å². The Morgan fingerprint density at radius 1 is 1.00 bits per heavy atom. The largest absolute Gasteiger partial charge is 0.316 e. The fourth-order valence-corrected chi connectivity index (χ4v) is 1.49. The lowest BCUT2D eigenvalue weighted by Crippen LogP contribution is -2.24. The summed E-state index contributed by atoms with van der Waals surface area (Å²) in [5, 5.41) is 3.48. The molecule has 0 radical (unpaired) electrons. The normalized spacial score (nSPS) is 13.1. The van der Waals surface area contributed by atoms with E-state index in [0.29, 0.717) is 5.92 Å². The number of benzene rings is 1. The lowest BCUT2D eigenvalue weighted by atomic mass is 10.0. The van der Waals surface area contributed by atoms with Gasteiger partial charge < -0.3 is 5.32 Å². The van der Waals surface area contributed by atoms with Crippen LogP contribution < -0.4 is 5.32 Å². The van der Waals surface area contributed by atoms with Gasteiger partial charge in [-0.25, -0.2) is 0 Å². The minimum Gasteiger partial charge on any atom is -0.316 e. The fourth-order valence-electron chi connectivity index (χ4n) is 1.49. The summed E-state index contributed by atoms with van der Waals surface area (Å²) in [6.45, 7) is 8.92. The standard InChI is InChI=1S/C13H21N/c1-11(2)9-14-10-12(3)13-7-5-4-6-8-13/h4-8,11-12,14H,9-10H2,1-3H3/t12-/m1/s1. The van der Waals surface area contributed by atoms with Crippen LogP contribution in [0.3, 0.4) is 0 Å². The molecule has 0 amide bonds. The molecule has 1 nitrogen and oxygen atoms in total. The van der Waals surface area contributed by atoms with Crippen molar-refractivity contribution < 1.29 is 0 Å². The van der Waals surface area contributed by atoms with Gasteiger partial charge in [0.1, 0.15) is 0 Å². The second-order valence-electron chi connectivity index (χ2n) is 4.36. The van der Waals surface area contributed by atoms with Gasteiger partial charge in [-0.05, 0) is 23.9 Å². The van der Waals surface area contributed by atoms with E-state index in [1.54, 1.807) is 0 Å². The van der Waals surface area contributed by atoms with E-state index in [1.807, 2.05) is 0 Å². The van der Waals surface area contributed by atoms with Gasteiger partial charge in [-0.3, -0.25) is 0 Å². The first-order chi connectivity index (χ1) is 6.70. The van der Waals surface area contributed by atoms with Crippen LogP contribution >= 0.6 is 0 Å². The Balaban J connectivity index is 2.32. The van der Waals surface area contributed by atoms with Crippen molar-refractivity contribution in [2.45, 2.75) is 26.7 Å². The van der Waals surface area contributed by atoms with Crippen molar-refractivity contribution in [2.75, 3.05) is 13.1 Å². The van der Waals surface area contributed by atoms with Gasteiger partial charge in [0.2, 0.25) is 0 Å². The number of nitrogens with one attached hydrogen (secondary N) is 1. The molecule has 0 saturated carbocycles. The third-order valence-corrected chi connectivity index (χ3v) is 2.37. The molecule has 0 unspecified atom stereocenters. The van der Waals surface area contributed by atoms with Crippen molar-refractivity contribution in [1.29, 1.82) is 0 Å². The van der Waals surface area contributed by atoms with Gasteiger partial charge in [0.15, 0.2) is 0 Å². The van der Waals surface area contributed by atoms with Gasteiger partial charge in [0.25, 0.3) is 0 Å². The summed E-state index contributed by atoms with van der Waals surface area (Å²) in [7, 11) is 0. The molecule has 0 aromatic heterocycles. The van der Waals surface area contributed by atoms with Crippen molar-refractivity contribution in [3.63, 3.8) is 0 Å². The average Bonchev–Trinajstić information content (AvgIpc) is 2.18. The van der Waals surface area contributed by atoms with Gasteiger partial charge in [0.05, 0.1) is 0 Å². The Hall–Kier alpha value is -0.820. The third kappa shape index (κ3) is 3.93. The van der Waals surface area contributed by atoms with Crippen LogP contribution in [0.5, 0.6) is 0 Å². The molecule has 0 bridgehead atoms. The molecular weight excluding hydrogens is 170 g/mol. The minimum absolute atomic E-state index is 0.606. The molecule has 0 saturated heterocycles. The first-order valence-electron chi connectivity index (χ1n) is 5.46. The maximum absolute atomic E-state index is 3.48. The van der Waals surface area contributed by atoms with Crippen molar-refractivity contribution in [2.24, 2.45) is 5.92 Å². The van der Waals surface area contributed by atoms with E-state index in [1.165, 1.54) is 5.56 Å². The molecule has 1 heteroatoms. The summed E-state index contributed by atoms with van der Waals surface area (Å²) < 4.78 is 0. The summed E-state index contributed by atoms with van der Waals surface area (Å²) in [4.78, 5) is 0. The molecule has 0 aliphatic heterocycles. The van der Waals surface area contributed by atoms with E-state index in [0.717, 1.165) is 19.0 Å². The van der Waals surface area contributed by atoms with E-state index in [-0.39, 0.29) is 0 Å². The zero-order chi connectivity index (χ0) is 10.4. The number of hydrogen-bond acceptors (Lipinski definition) is 1. The third-order valence-electron chi connectivity index (χ3n) is 2.37. The summed E-state index contributed by atoms with van der Waals surface area (Å²) in [6.07, 6.45) is 0. The molecule has 1 rings (SSSR count). The molecule has 78 valence electrons. The molecule has 1 atom stereocenters. The van der Waals surface area contributed by atoms with Crippen molar-refractivity contribution >= 4 is 0 Å². The summed E-state index contributed by atoms with van der Waals surface area (Å²) in [6, 6.07) is 10.7. The maximum atomic E-state index is 3.48. The molecule has 1 aromatic carbocycles. The Labute approximate surface area is 87.5 Å². The summed E-state index contributed by atoms with van der Waals surface area (Å²) in [5.74, 6) is 1.34. The molecule has 0 spiro atoms. The van der Waals surface area contributed by atoms with Crippen LogP contribution in [0.25, 0.3) is 0 Å². The molecule has 14 heavy (non-hydrogen) atoms. The lowest BCUT2D eigenvalue weighted by Gasteiger charge is -2.14. The minimum atomic E-state index is 0.606. The summed E-state index contributed by atoms with van der Waals surface area (Å²) >= 11 is 0. The first-order valence-corrected chi connectivity index (χ1v) is 5.46. The van der Waals surface area contributed by atoms with Crippen LogP contribution in [0.2, 0.25) is 0 Å². The average molecular weight is 191 g/mol. The van der Waals surface area contributed by atoms with E-state index in [9.17, 15) is 0 Å². The Morgan fingerprint density at radius 3 is 2.21 bits per heavy atom. The molecule has 0 heterocycles. The van der Waals surface area contributed by atoms with Gasteiger partial charge in [-0.15, -0.1) is 0 Å². The highest BCUT2D eigenvalue weighted by Gasteiger charge is 2.03. The number of hydrogen-bond donors (Lipinski definition) is 1. The van der Waals surface area contributed by atoms with E-state index in [4.69, 9.17) is 0 Å². The Bertz CT molecular complexity index is 241. The van der Waals surface area contributed by atoms with E-state index >= 15 is 0 Å². The zero-order valence-electron chi connectivity index (χ0n) is 9.46. The molecule has 0 aliphatic carbocycles. The van der Waals surface area contributed by atoms with Crippen LogP contribution in [-0.4, -0.2) is 13.1 Å². The monoisotopic (exact) mass is 191 g/mol. The molecule has 0 aliphatic rings. The predicted molar refractivity (Wildman–Crippen MR) is 62.6 cm³/mol. The Morgan fingerprint density at radius 2 is 1.64 bits per heavy atom. The second-order valence-corrected chi connectivity index (χ2v) is 4.36. The molecular formula is C13H21N. The molecule has 1 N–H and O–H groups in total. The first kappa shape index (κ1) is 11.3. The topological polar surface area (TPSA) is 12.0 Å². The quantitative estimate of drug-likeness (QED) is 0.754. The highest BCUT2D eigenvalue weighted by molar-refractivity contribution is 5.18. The van der Waals surface area contributed by atoms with Crippen LogP contribution in [0.15, 0.2) is 30.3 Å². The zero-order valence-corrected chi connectivity index (χ0v) is 9.46. The van der Waals surface area contributed by atoms with Gasteiger partial charge in [-0.2, -0.15) is 0 Å². The van der Waals surface area contributed by atoms with Gasteiger partial charge in [0, 0.05) is 6.54 Å². The smallest absolute Gasteiger partial charge is 0.00176 e. The van der Waals surface area contributed by atoms with Crippen LogP contribution in [0, 0.1) is 5.92 Å². The van der Waals surface area contributed by atoms with Gasteiger partial charge in [-0.1, -0.05) is 51.1 Å². The highest BCUT2D eigenvalue weighted by atomic mass is 14.9. The molecule has 0 fully saturated rings. The van der Waals surface area contributed by atoms with Gasteiger partial charge >= 0.3 is 0 Å². The van der Waals surface area contributed by atoms with Crippen molar-refractivity contribution in [1.82, 2.24) is 5.32 Å². The highest BCUT2D eigenvalue weighted by Crippen LogP contribution is 2.12. The maximum Gasteiger partial charge on any atom is 0.00176 e. The second kappa shape index (κ2) is 5.82. The predicted octanol–water partition coefficient (Wildman–Crippen LogP) is 3.04. The van der Waals surface area contributed by atoms with Crippen LogP contribution in [-0.2, 0) is 0 Å². The van der Waals surface area contributed by atoms with Crippen molar-refractivity contribution in [3.8, 4) is 0 Å². The number of rotatable bonds is 5. The lowest BCUT2D eigenvalue weighted by molar-refractivity contribution is 0.529. The van der Waals surface area contributed by atoms with Crippen LogP contribution in [0.4, 0.5) is 0 Å². The Kier molecular flexibility index (Phi) is 4.68. The van der Waals surface area contributed by atoms with E-state index < -0.39 is 0 Å². The fraction of sp³-hybridized carbons (Fsp3) is 0.538. The molecule has 1 aromatic rings. The summed E-state index contributed by atoms with van der Waals surface area (Å²) in [5.41, 5.74) is 1.42. The van der Waals surface area contributed by atoms with E-state index in [2.05, 4.69) is 56.4 Å². The van der Waals surface area contributed by atoms with Crippen LogP contribution in [0.1, 0.15) is 32.3 Å². The SMILES string of the molecule is CC(C)CNC[C@@H](C)c1ccccc1.